The third-order valence-electron chi connectivity index (χ3n) is 5.95. The molecule has 0 unspecified atom stereocenters. The Bertz CT molecular complexity index is 1310. The van der Waals surface area contributed by atoms with E-state index in [4.69, 9.17) is 14.9 Å². The van der Waals surface area contributed by atoms with E-state index >= 15 is 0 Å². The highest BCUT2D eigenvalue weighted by Gasteiger charge is 2.15. The van der Waals surface area contributed by atoms with Gasteiger partial charge in [0.1, 0.15) is 23.8 Å². The Morgan fingerprint density at radius 2 is 1.67 bits per heavy atom. The van der Waals surface area contributed by atoms with E-state index in [0.717, 1.165) is 49.0 Å². The topological polar surface area (TPSA) is 80.7 Å². The van der Waals surface area contributed by atoms with Gasteiger partial charge in [-0.05, 0) is 79.5 Å². The van der Waals surface area contributed by atoms with E-state index in [1.807, 2.05) is 18.2 Å². The first-order valence-corrected chi connectivity index (χ1v) is 12.3. The molecule has 1 aromatic heterocycles. The van der Waals surface area contributed by atoms with Gasteiger partial charge in [0.25, 0.3) is 5.91 Å². The van der Waals surface area contributed by atoms with Crippen molar-refractivity contribution >= 4 is 28.3 Å². The van der Waals surface area contributed by atoms with Crippen LogP contribution in [0.5, 0.6) is 5.75 Å². The second kappa shape index (κ2) is 11.7. The van der Waals surface area contributed by atoms with Crippen LogP contribution in [0.25, 0.3) is 22.1 Å². The fourth-order valence-corrected chi connectivity index (χ4v) is 4.14. The van der Waals surface area contributed by atoms with Crippen molar-refractivity contribution in [1.29, 1.82) is 0 Å². The van der Waals surface area contributed by atoms with Crippen molar-refractivity contribution in [2.75, 3.05) is 37.3 Å². The molecular formula is C29H32FN3O3. The van der Waals surface area contributed by atoms with Gasteiger partial charge in [-0.2, -0.15) is 0 Å². The van der Waals surface area contributed by atoms with Crippen LogP contribution >= 0.6 is 0 Å². The van der Waals surface area contributed by atoms with Crippen LogP contribution in [-0.4, -0.2) is 37.0 Å². The Kier molecular flexibility index (Phi) is 8.23. The zero-order valence-corrected chi connectivity index (χ0v) is 20.7. The van der Waals surface area contributed by atoms with Gasteiger partial charge in [0, 0.05) is 18.0 Å². The standard InChI is InChI=1S/C29H32FN3O3/c1-3-13-33(14-4-2)15-16-35-24-11-7-22-18-28(36-27(22)19-24)29(34)32-26-17-21(8-12-25(26)31)20-5-9-23(30)10-6-20/h5-12,17-19H,3-4,13-16,31H2,1-2H3,(H,32,34). The Hall–Kier alpha value is -3.84. The summed E-state index contributed by atoms with van der Waals surface area (Å²) in [5.74, 6) is 0.154. The lowest BCUT2D eigenvalue weighted by Crippen LogP contribution is -2.30. The van der Waals surface area contributed by atoms with Crippen molar-refractivity contribution in [3.8, 4) is 16.9 Å². The molecule has 3 N–H and O–H groups in total. The zero-order chi connectivity index (χ0) is 25.5. The van der Waals surface area contributed by atoms with Gasteiger partial charge in [-0.25, -0.2) is 4.39 Å². The Labute approximate surface area is 210 Å². The van der Waals surface area contributed by atoms with Crippen LogP contribution in [0, 0.1) is 5.82 Å². The molecule has 0 spiro atoms. The molecule has 4 rings (SSSR count). The monoisotopic (exact) mass is 489 g/mol. The maximum atomic E-state index is 13.3. The van der Waals surface area contributed by atoms with Crippen LogP contribution in [0.4, 0.5) is 15.8 Å². The van der Waals surface area contributed by atoms with Gasteiger partial charge in [0.2, 0.25) is 0 Å². The van der Waals surface area contributed by atoms with Gasteiger partial charge in [0.15, 0.2) is 5.76 Å². The zero-order valence-electron chi connectivity index (χ0n) is 20.7. The molecule has 3 aromatic carbocycles. The van der Waals surface area contributed by atoms with E-state index in [9.17, 15) is 9.18 Å². The first-order valence-electron chi connectivity index (χ1n) is 12.3. The van der Waals surface area contributed by atoms with E-state index in [0.29, 0.717) is 29.3 Å². The van der Waals surface area contributed by atoms with Crippen LogP contribution in [0.1, 0.15) is 37.2 Å². The molecule has 188 valence electrons. The molecule has 36 heavy (non-hydrogen) atoms. The molecule has 0 saturated heterocycles. The highest BCUT2D eigenvalue weighted by molar-refractivity contribution is 6.06. The molecule has 0 aliphatic heterocycles. The summed E-state index contributed by atoms with van der Waals surface area (Å²) < 4.78 is 25.0. The van der Waals surface area contributed by atoms with E-state index in [-0.39, 0.29) is 11.6 Å². The summed E-state index contributed by atoms with van der Waals surface area (Å²) in [4.78, 5) is 15.3. The summed E-state index contributed by atoms with van der Waals surface area (Å²) in [5.41, 5.74) is 9.16. The van der Waals surface area contributed by atoms with E-state index < -0.39 is 5.91 Å². The van der Waals surface area contributed by atoms with Gasteiger partial charge in [-0.1, -0.05) is 32.0 Å². The van der Waals surface area contributed by atoms with Crippen molar-refractivity contribution in [2.45, 2.75) is 26.7 Å². The first kappa shape index (κ1) is 25.3. The molecule has 0 aliphatic rings. The molecule has 1 heterocycles. The summed E-state index contributed by atoms with van der Waals surface area (Å²) in [5, 5.41) is 3.63. The first-order chi connectivity index (χ1) is 17.5. The second-order valence-electron chi connectivity index (χ2n) is 8.76. The molecule has 0 fully saturated rings. The summed E-state index contributed by atoms with van der Waals surface area (Å²) >= 11 is 0. The number of nitrogen functional groups attached to an aromatic ring is 1. The Morgan fingerprint density at radius 1 is 0.944 bits per heavy atom. The average Bonchev–Trinajstić information content (AvgIpc) is 3.30. The third kappa shape index (κ3) is 6.23. The number of nitrogens with one attached hydrogen (secondary N) is 1. The number of halogens is 1. The number of hydrogen-bond donors (Lipinski definition) is 2. The maximum absolute atomic E-state index is 13.3. The highest BCUT2D eigenvalue weighted by atomic mass is 19.1. The molecule has 0 saturated carbocycles. The normalized spacial score (nSPS) is 11.2. The number of fused-ring (bicyclic) bond motifs is 1. The molecule has 0 radical (unpaired) electrons. The number of ether oxygens (including phenoxy) is 1. The lowest BCUT2D eigenvalue weighted by molar-refractivity contribution is 0.0998. The van der Waals surface area contributed by atoms with Crippen molar-refractivity contribution in [3.63, 3.8) is 0 Å². The van der Waals surface area contributed by atoms with Gasteiger partial charge < -0.3 is 20.2 Å². The molecule has 0 bridgehead atoms. The number of nitrogens with two attached hydrogens (primary N) is 1. The summed E-state index contributed by atoms with van der Waals surface area (Å²) in [6, 6.07) is 18.7. The molecule has 0 atom stereocenters. The molecule has 7 heteroatoms. The van der Waals surface area contributed by atoms with Crippen LogP contribution in [-0.2, 0) is 0 Å². The largest absolute Gasteiger partial charge is 0.492 e. The predicted molar refractivity (Wildman–Crippen MR) is 143 cm³/mol. The number of carbonyl (C=O) groups excluding carboxylic acids is 1. The van der Waals surface area contributed by atoms with E-state index in [2.05, 4.69) is 24.1 Å². The number of rotatable bonds is 11. The third-order valence-corrected chi connectivity index (χ3v) is 5.95. The van der Waals surface area contributed by atoms with Crippen molar-refractivity contribution in [3.05, 3.63) is 78.3 Å². The Morgan fingerprint density at radius 3 is 2.39 bits per heavy atom. The molecule has 1 amide bonds. The SMILES string of the molecule is CCCN(CCC)CCOc1ccc2cc(C(=O)Nc3cc(-c4ccc(F)cc4)ccc3N)oc2c1. The van der Waals surface area contributed by atoms with E-state index in [1.54, 1.807) is 36.4 Å². The van der Waals surface area contributed by atoms with Crippen molar-refractivity contribution in [2.24, 2.45) is 0 Å². The van der Waals surface area contributed by atoms with Gasteiger partial charge in [-0.15, -0.1) is 0 Å². The number of benzene rings is 3. The van der Waals surface area contributed by atoms with Crippen molar-refractivity contribution in [1.82, 2.24) is 4.90 Å². The van der Waals surface area contributed by atoms with Crippen LogP contribution in [0.3, 0.4) is 0 Å². The van der Waals surface area contributed by atoms with Crippen LogP contribution in [0.15, 0.2) is 71.1 Å². The van der Waals surface area contributed by atoms with Crippen LogP contribution < -0.4 is 15.8 Å². The van der Waals surface area contributed by atoms with Crippen molar-refractivity contribution < 1.29 is 18.3 Å². The minimum atomic E-state index is -0.411. The lowest BCUT2D eigenvalue weighted by atomic mass is 10.0. The van der Waals surface area contributed by atoms with Gasteiger partial charge in [-0.3, -0.25) is 9.69 Å². The predicted octanol–water partition coefficient (Wildman–Crippen LogP) is 6.57. The number of carbonyl (C=O) groups is 1. The number of nitrogens with zero attached hydrogens (tertiary/aromatic N) is 1. The highest BCUT2D eigenvalue weighted by Crippen LogP contribution is 2.29. The quantitative estimate of drug-likeness (QED) is 0.233. The molecule has 4 aromatic rings. The average molecular weight is 490 g/mol. The van der Waals surface area contributed by atoms with E-state index in [1.165, 1.54) is 12.1 Å². The second-order valence-corrected chi connectivity index (χ2v) is 8.76. The molecule has 0 aliphatic carbocycles. The minimum Gasteiger partial charge on any atom is -0.492 e. The summed E-state index contributed by atoms with van der Waals surface area (Å²) in [7, 11) is 0. The van der Waals surface area contributed by atoms with Gasteiger partial charge >= 0.3 is 0 Å². The fourth-order valence-electron chi connectivity index (χ4n) is 4.14. The smallest absolute Gasteiger partial charge is 0.291 e. The maximum Gasteiger partial charge on any atom is 0.291 e. The Balaban J connectivity index is 1.44. The molecular weight excluding hydrogens is 457 g/mol. The number of furan rings is 1. The minimum absolute atomic E-state index is 0.172. The number of anilines is 2. The lowest BCUT2D eigenvalue weighted by Gasteiger charge is -2.20. The molecule has 6 nitrogen and oxygen atoms in total. The number of hydrogen-bond acceptors (Lipinski definition) is 5. The fraction of sp³-hybridized carbons (Fsp3) is 0.276. The van der Waals surface area contributed by atoms with Gasteiger partial charge in [0.05, 0.1) is 11.4 Å². The number of amides is 1. The van der Waals surface area contributed by atoms with Crippen LogP contribution in [0.2, 0.25) is 0 Å². The summed E-state index contributed by atoms with van der Waals surface area (Å²) in [6.07, 6.45) is 2.23. The summed E-state index contributed by atoms with van der Waals surface area (Å²) in [6.45, 7) is 7.93.